The van der Waals surface area contributed by atoms with Crippen LogP contribution in [0.5, 0.6) is 0 Å². The third-order valence-corrected chi connectivity index (χ3v) is 4.32. The number of pyridine rings is 1. The molecule has 0 atom stereocenters. The van der Waals surface area contributed by atoms with Gasteiger partial charge in [0.05, 0.1) is 6.54 Å². The number of aryl methyl sites for hydroxylation is 1. The molecule has 0 bridgehead atoms. The molecule has 0 aliphatic rings. The van der Waals surface area contributed by atoms with E-state index in [1.54, 1.807) is 6.20 Å². The molecule has 3 heterocycles. The van der Waals surface area contributed by atoms with Gasteiger partial charge < -0.3 is 15.6 Å². The van der Waals surface area contributed by atoms with Gasteiger partial charge in [0.15, 0.2) is 5.82 Å². The molecule has 3 rings (SSSR count). The summed E-state index contributed by atoms with van der Waals surface area (Å²) in [5, 5.41) is 18.6. The molecule has 3 N–H and O–H groups in total. The summed E-state index contributed by atoms with van der Waals surface area (Å²) in [4.78, 5) is 25.0. The van der Waals surface area contributed by atoms with Crippen LogP contribution in [0.15, 0.2) is 24.4 Å². The Morgan fingerprint density at radius 2 is 2.14 bits per heavy atom. The van der Waals surface area contributed by atoms with Gasteiger partial charge in [0, 0.05) is 19.3 Å². The van der Waals surface area contributed by atoms with Crippen LogP contribution >= 0.6 is 11.6 Å². The number of carbonyl (C=O) groups is 1. The number of nitrogens with one attached hydrogen (secondary N) is 3. The number of aromatic amines is 1. The van der Waals surface area contributed by atoms with Gasteiger partial charge in [-0.05, 0) is 48.2 Å². The van der Waals surface area contributed by atoms with Gasteiger partial charge >= 0.3 is 0 Å². The molecule has 0 saturated heterocycles. The Labute approximate surface area is 173 Å². The highest BCUT2D eigenvalue weighted by atomic mass is 35.5. The lowest BCUT2D eigenvalue weighted by Gasteiger charge is -2.07. The number of anilines is 1. The van der Waals surface area contributed by atoms with Crippen LogP contribution in [0.3, 0.4) is 0 Å². The molecule has 1 amide bonds. The zero-order chi connectivity index (χ0) is 20.5. The van der Waals surface area contributed by atoms with Crippen LogP contribution in [0.2, 0.25) is 5.28 Å². The number of unbranched alkanes of at least 4 members (excludes halogenated alkanes) is 2. The van der Waals surface area contributed by atoms with E-state index in [0.29, 0.717) is 36.1 Å². The first-order chi connectivity index (χ1) is 14.2. The minimum Gasteiger partial charge on any atom is -0.368 e. The van der Waals surface area contributed by atoms with Crippen LogP contribution in [-0.2, 0) is 6.54 Å². The maximum absolute atomic E-state index is 12.4. The second-order valence-electron chi connectivity index (χ2n) is 6.42. The summed E-state index contributed by atoms with van der Waals surface area (Å²) in [5.41, 5.74) is 1.04. The number of nitrogens with zero attached hydrogens (tertiary/aromatic N) is 6. The SMILES string of the molecule is CCCCNc1nc(Cl)[nH]c1C(=O)NCCCCn1nnc(-c2ccccn2)n1. The van der Waals surface area contributed by atoms with Crippen LogP contribution < -0.4 is 10.6 Å². The molecule has 0 aliphatic carbocycles. The molecule has 11 heteroatoms. The van der Waals surface area contributed by atoms with E-state index in [0.717, 1.165) is 32.2 Å². The highest BCUT2D eigenvalue weighted by Crippen LogP contribution is 2.16. The Balaban J connectivity index is 1.41. The van der Waals surface area contributed by atoms with Crippen LogP contribution in [-0.4, -0.2) is 54.2 Å². The quantitative estimate of drug-likeness (QED) is 0.409. The summed E-state index contributed by atoms with van der Waals surface area (Å²) in [7, 11) is 0. The zero-order valence-electron chi connectivity index (χ0n) is 16.2. The van der Waals surface area contributed by atoms with E-state index in [2.05, 4.69) is 47.9 Å². The van der Waals surface area contributed by atoms with Crippen LogP contribution in [0.25, 0.3) is 11.5 Å². The standard InChI is InChI=1S/C18H24ClN9O/c1-2-3-9-21-16-14(23-18(19)24-16)17(29)22-11-6-7-12-28-26-15(25-27-28)13-8-4-5-10-20-13/h4-5,8,10,21H,2-3,6-7,9,11-12H2,1H3,(H,22,29)(H,23,24). The molecule has 10 nitrogen and oxygen atoms in total. The van der Waals surface area contributed by atoms with Crippen molar-refractivity contribution in [2.75, 3.05) is 18.4 Å². The molecule has 0 radical (unpaired) electrons. The van der Waals surface area contributed by atoms with Crippen molar-refractivity contribution in [3.8, 4) is 11.5 Å². The number of carbonyl (C=O) groups excluding carboxylic acids is 1. The molecule has 3 aromatic rings. The van der Waals surface area contributed by atoms with Crippen LogP contribution in [0.1, 0.15) is 43.1 Å². The first kappa shape index (κ1) is 20.7. The lowest BCUT2D eigenvalue weighted by molar-refractivity contribution is 0.0949. The third-order valence-electron chi connectivity index (χ3n) is 4.14. The first-order valence-electron chi connectivity index (χ1n) is 9.64. The fraction of sp³-hybridized carbons (Fsp3) is 0.444. The van der Waals surface area contributed by atoms with Gasteiger partial charge in [-0.2, -0.15) is 4.80 Å². The maximum Gasteiger partial charge on any atom is 0.271 e. The average molecular weight is 418 g/mol. The Hall–Kier alpha value is -3.01. The highest BCUT2D eigenvalue weighted by molar-refractivity contribution is 6.28. The molecule has 3 aromatic heterocycles. The van der Waals surface area contributed by atoms with E-state index < -0.39 is 0 Å². The Morgan fingerprint density at radius 1 is 1.24 bits per heavy atom. The Morgan fingerprint density at radius 3 is 2.93 bits per heavy atom. The molecule has 0 aromatic carbocycles. The summed E-state index contributed by atoms with van der Waals surface area (Å²) < 4.78 is 0. The monoisotopic (exact) mass is 417 g/mol. The molecular formula is C18H24ClN9O. The fourth-order valence-electron chi connectivity index (χ4n) is 2.62. The van der Waals surface area contributed by atoms with Gasteiger partial charge in [0.1, 0.15) is 11.4 Å². The molecule has 0 unspecified atom stereocenters. The van der Waals surface area contributed by atoms with Gasteiger partial charge in [-0.15, -0.1) is 10.2 Å². The number of amides is 1. The predicted molar refractivity (Wildman–Crippen MR) is 110 cm³/mol. The minimum atomic E-state index is -0.236. The summed E-state index contributed by atoms with van der Waals surface area (Å²) in [6.45, 7) is 3.96. The molecule has 29 heavy (non-hydrogen) atoms. The topological polar surface area (TPSA) is 126 Å². The smallest absolute Gasteiger partial charge is 0.271 e. The van der Waals surface area contributed by atoms with Crippen LogP contribution in [0, 0.1) is 0 Å². The average Bonchev–Trinajstić information content (AvgIpc) is 3.35. The highest BCUT2D eigenvalue weighted by Gasteiger charge is 2.16. The second-order valence-corrected chi connectivity index (χ2v) is 6.78. The molecule has 0 aliphatic heterocycles. The number of imidazole rings is 1. The van der Waals surface area contributed by atoms with Gasteiger partial charge in [-0.25, -0.2) is 4.98 Å². The van der Waals surface area contributed by atoms with Gasteiger partial charge in [-0.1, -0.05) is 19.4 Å². The van der Waals surface area contributed by atoms with Gasteiger partial charge in [0.2, 0.25) is 11.1 Å². The molecule has 154 valence electrons. The Kier molecular flexibility index (Phi) is 7.51. The van der Waals surface area contributed by atoms with Crippen molar-refractivity contribution in [2.24, 2.45) is 0 Å². The number of hydrogen-bond donors (Lipinski definition) is 3. The number of H-pyrrole nitrogens is 1. The summed E-state index contributed by atoms with van der Waals surface area (Å²) >= 11 is 5.91. The van der Waals surface area contributed by atoms with Crippen molar-refractivity contribution in [1.82, 2.24) is 40.5 Å². The van der Waals surface area contributed by atoms with Crippen molar-refractivity contribution in [2.45, 2.75) is 39.2 Å². The number of halogens is 1. The van der Waals surface area contributed by atoms with E-state index >= 15 is 0 Å². The van der Waals surface area contributed by atoms with Crippen molar-refractivity contribution in [1.29, 1.82) is 0 Å². The molecule has 0 fully saturated rings. The third kappa shape index (κ3) is 5.98. The minimum absolute atomic E-state index is 0.190. The van der Waals surface area contributed by atoms with Gasteiger partial charge in [0.25, 0.3) is 5.91 Å². The predicted octanol–water partition coefficient (Wildman–Crippen LogP) is 2.53. The summed E-state index contributed by atoms with van der Waals surface area (Å²) in [6.07, 6.45) is 5.30. The molecule has 0 saturated carbocycles. The number of hydrogen-bond acceptors (Lipinski definition) is 7. The van der Waals surface area contributed by atoms with Crippen molar-refractivity contribution >= 4 is 23.3 Å². The first-order valence-corrected chi connectivity index (χ1v) is 10.0. The van der Waals surface area contributed by atoms with E-state index in [9.17, 15) is 4.79 Å². The second kappa shape index (κ2) is 10.5. The lowest BCUT2D eigenvalue weighted by atomic mass is 10.3. The number of rotatable bonds is 11. The van der Waals surface area contributed by atoms with Crippen molar-refractivity contribution in [3.05, 3.63) is 35.4 Å². The van der Waals surface area contributed by atoms with Crippen molar-refractivity contribution in [3.63, 3.8) is 0 Å². The van der Waals surface area contributed by atoms with Crippen molar-refractivity contribution < 1.29 is 4.79 Å². The number of aromatic nitrogens is 7. The summed E-state index contributed by atoms with van der Waals surface area (Å²) in [6, 6.07) is 5.55. The normalized spacial score (nSPS) is 10.8. The molecule has 0 spiro atoms. The van der Waals surface area contributed by atoms with Crippen LogP contribution in [0.4, 0.5) is 5.82 Å². The van der Waals surface area contributed by atoms with Gasteiger partial charge in [-0.3, -0.25) is 9.78 Å². The summed E-state index contributed by atoms with van der Waals surface area (Å²) in [5.74, 6) is 0.743. The van der Waals surface area contributed by atoms with E-state index in [4.69, 9.17) is 11.6 Å². The number of tetrazole rings is 1. The lowest BCUT2D eigenvalue weighted by Crippen LogP contribution is -2.26. The van der Waals surface area contributed by atoms with E-state index in [1.165, 1.54) is 4.80 Å². The van der Waals surface area contributed by atoms with E-state index in [1.807, 2.05) is 18.2 Å². The molecular weight excluding hydrogens is 394 g/mol. The fourth-order valence-corrected chi connectivity index (χ4v) is 2.80. The largest absolute Gasteiger partial charge is 0.368 e. The van der Waals surface area contributed by atoms with E-state index in [-0.39, 0.29) is 11.2 Å². The Bertz CT molecular complexity index is 909. The zero-order valence-corrected chi connectivity index (χ0v) is 17.0. The maximum atomic E-state index is 12.4.